The van der Waals surface area contributed by atoms with Crippen LogP contribution in [0.25, 0.3) is 0 Å². The number of carbonyl (C=O) groups excluding carboxylic acids is 2. The van der Waals surface area contributed by atoms with Crippen molar-refractivity contribution in [3.63, 3.8) is 0 Å². The molecule has 41 heavy (non-hydrogen) atoms. The first-order valence-corrected chi connectivity index (χ1v) is 14.1. The van der Waals surface area contributed by atoms with Crippen LogP contribution < -0.4 is 10.9 Å². The molecule has 4 heterocycles. The number of aliphatic imine (C=N–C) groups is 1. The van der Waals surface area contributed by atoms with Crippen LogP contribution in [0.15, 0.2) is 58.4 Å². The standard InChI is InChI=1S/C30H31ClN6O4/c1-35-7-9-36(10-8-35)11-12-37-29(40)21-14-19-15-25(34-24(19)16-22(21)30(37)41)27-23(5-6-32-28(27)39)33-17-26(38)18-3-2-4-20(31)13-18/h2-6,13-14,16,26,38H,7-12,15,17H2,1H3,(H2,32,33,39)/t26-/m1/s1. The molecule has 2 aromatic carbocycles. The van der Waals surface area contributed by atoms with E-state index >= 15 is 0 Å². The van der Waals surface area contributed by atoms with Crippen molar-refractivity contribution in [2.45, 2.75) is 12.5 Å². The zero-order chi connectivity index (χ0) is 28.7. The van der Waals surface area contributed by atoms with Gasteiger partial charge in [-0.1, -0.05) is 23.7 Å². The van der Waals surface area contributed by atoms with Crippen molar-refractivity contribution in [3.05, 3.63) is 91.9 Å². The molecule has 0 unspecified atom stereocenters. The molecular formula is C30H31ClN6O4. The van der Waals surface area contributed by atoms with Gasteiger partial charge in [-0.05, 0) is 48.5 Å². The zero-order valence-electron chi connectivity index (χ0n) is 22.7. The summed E-state index contributed by atoms with van der Waals surface area (Å²) in [5.74, 6) is -0.592. The Hall–Kier alpha value is -3.83. The number of amides is 2. The van der Waals surface area contributed by atoms with Gasteiger partial charge in [0.05, 0.1) is 39.9 Å². The third-order valence-electron chi connectivity index (χ3n) is 7.99. The number of imide groups is 1. The summed E-state index contributed by atoms with van der Waals surface area (Å²) in [4.78, 5) is 52.6. The van der Waals surface area contributed by atoms with Gasteiger partial charge in [-0.2, -0.15) is 0 Å². The van der Waals surface area contributed by atoms with Crippen LogP contribution in [0, 0.1) is 0 Å². The molecule has 0 spiro atoms. The fraction of sp³-hybridized carbons (Fsp3) is 0.333. The number of halogens is 1. The molecule has 3 aliphatic rings. The van der Waals surface area contributed by atoms with Gasteiger partial charge >= 0.3 is 0 Å². The van der Waals surface area contributed by atoms with E-state index in [4.69, 9.17) is 16.6 Å². The minimum absolute atomic E-state index is 0.151. The lowest BCUT2D eigenvalue weighted by Gasteiger charge is -2.33. The SMILES string of the molecule is CN1CCN(CCN2C(=O)c3cc4c(cc3C2=O)N=C(c2c(NC[C@@H](O)c3cccc(Cl)c3)cc[nH]c2=O)C4)CC1. The number of rotatable bonds is 8. The molecule has 3 N–H and O–H groups in total. The van der Waals surface area contributed by atoms with Crippen molar-refractivity contribution in [3.8, 4) is 0 Å². The maximum absolute atomic E-state index is 13.2. The number of benzene rings is 2. The largest absolute Gasteiger partial charge is 0.387 e. The summed E-state index contributed by atoms with van der Waals surface area (Å²) < 4.78 is 0. The van der Waals surface area contributed by atoms with Crippen LogP contribution >= 0.6 is 11.6 Å². The molecule has 1 saturated heterocycles. The van der Waals surface area contributed by atoms with Gasteiger partial charge in [0.1, 0.15) is 0 Å². The number of aromatic amines is 1. The van der Waals surface area contributed by atoms with Crippen molar-refractivity contribution in [2.24, 2.45) is 4.99 Å². The van der Waals surface area contributed by atoms with Gasteiger partial charge in [0.25, 0.3) is 17.4 Å². The summed E-state index contributed by atoms with van der Waals surface area (Å²) in [6.45, 7) is 4.93. The lowest BCUT2D eigenvalue weighted by Crippen LogP contribution is -2.47. The van der Waals surface area contributed by atoms with Crippen LogP contribution in [0.1, 0.15) is 43.5 Å². The second-order valence-electron chi connectivity index (χ2n) is 10.7. The number of pyridine rings is 1. The van der Waals surface area contributed by atoms with Crippen molar-refractivity contribution >= 4 is 40.5 Å². The summed E-state index contributed by atoms with van der Waals surface area (Å²) in [6.07, 6.45) is 1.03. The molecule has 3 aromatic rings. The van der Waals surface area contributed by atoms with Gasteiger partial charge in [0.15, 0.2) is 0 Å². The number of likely N-dealkylation sites (N-methyl/N-ethyl adjacent to an activating group) is 1. The number of anilines is 1. The summed E-state index contributed by atoms with van der Waals surface area (Å²) in [5, 5.41) is 14.3. The van der Waals surface area contributed by atoms with Gasteiger partial charge in [-0.15, -0.1) is 0 Å². The molecule has 10 nitrogen and oxygen atoms in total. The lowest BCUT2D eigenvalue weighted by molar-refractivity contribution is 0.0621. The number of carbonyl (C=O) groups is 2. The van der Waals surface area contributed by atoms with Crippen LogP contribution in [0.3, 0.4) is 0 Å². The maximum atomic E-state index is 13.2. The summed E-state index contributed by atoms with van der Waals surface area (Å²) in [7, 11) is 2.09. The van der Waals surface area contributed by atoms with E-state index in [1.807, 2.05) is 0 Å². The molecule has 1 aromatic heterocycles. The third-order valence-corrected chi connectivity index (χ3v) is 8.22. The van der Waals surface area contributed by atoms with E-state index in [0.29, 0.717) is 63.9 Å². The number of hydrogen-bond donors (Lipinski definition) is 3. The number of nitrogens with zero attached hydrogens (tertiary/aromatic N) is 4. The monoisotopic (exact) mass is 574 g/mol. The molecule has 0 radical (unpaired) electrons. The van der Waals surface area contributed by atoms with Crippen LogP contribution in [0.4, 0.5) is 11.4 Å². The second kappa shape index (κ2) is 11.2. The molecule has 212 valence electrons. The van der Waals surface area contributed by atoms with Crippen LogP contribution in [0.2, 0.25) is 5.02 Å². The minimum atomic E-state index is -0.845. The normalized spacial score (nSPS) is 17.9. The number of aromatic nitrogens is 1. The molecule has 0 aliphatic carbocycles. The molecule has 0 bridgehead atoms. The van der Waals surface area contributed by atoms with Gasteiger partial charge < -0.3 is 20.3 Å². The molecular weight excluding hydrogens is 544 g/mol. The highest BCUT2D eigenvalue weighted by molar-refractivity contribution is 6.30. The average molecular weight is 575 g/mol. The Bertz CT molecular complexity index is 1610. The quantitative estimate of drug-likeness (QED) is 0.354. The molecule has 1 atom stereocenters. The molecule has 2 amide bonds. The predicted molar refractivity (Wildman–Crippen MR) is 158 cm³/mol. The van der Waals surface area contributed by atoms with Gasteiger partial charge in [-0.3, -0.25) is 29.2 Å². The van der Waals surface area contributed by atoms with Crippen LogP contribution in [0.5, 0.6) is 0 Å². The van der Waals surface area contributed by atoms with E-state index in [1.165, 1.54) is 11.1 Å². The topological polar surface area (TPSA) is 121 Å². The number of aliphatic hydroxyl groups excluding tert-OH is 1. The van der Waals surface area contributed by atoms with E-state index in [0.717, 1.165) is 31.7 Å². The highest BCUT2D eigenvalue weighted by atomic mass is 35.5. The van der Waals surface area contributed by atoms with Gasteiger partial charge in [0, 0.05) is 63.5 Å². The van der Waals surface area contributed by atoms with Crippen molar-refractivity contribution < 1.29 is 14.7 Å². The first-order chi connectivity index (χ1) is 19.8. The van der Waals surface area contributed by atoms with E-state index in [-0.39, 0.29) is 23.9 Å². The summed E-state index contributed by atoms with van der Waals surface area (Å²) >= 11 is 6.06. The summed E-state index contributed by atoms with van der Waals surface area (Å²) in [6, 6.07) is 12.1. The number of hydrogen-bond acceptors (Lipinski definition) is 8. The smallest absolute Gasteiger partial charge is 0.261 e. The number of fused-ring (bicyclic) bond motifs is 2. The highest BCUT2D eigenvalue weighted by Crippen LogP contribution is 2.36. The second-order valence-corrected chi connectivity index (χ2v) is 11.2. The zero-order valence-corrected chi connectivity index (χ0v) is 23.4. The first-order valence-electron chi connectivity index (χ1n) is 13.7. The third kappa shape index (κ3) is 5.43. The fourth-order valence-electron chi connectivity index (χ4n) is 5.59. The molecule has 6 rings (SSSR count). The Labute approximate surface area is 242 Å². The number of H-pyrrole nitrogens is 1. The van der Waals surface area contributed by atoms with Gasteiger partial charge in [0.2, 0.25) is 0 Å². The average Bonchev–Trinajstić information content (AvgIpc) is 3.47. The van der Waals surface area contributed by atoms with Gasteiger partial charge in [-0.25, -0.2) is 0 Å². The molecule has 3 aliphatic heterocycles. The first kappa shape index (κ1) is 27.3. The van der Waals surface area contributed by atoms with E-state index in [1.54, 1.807) is 42.5 Å². The molecule has 0 saturated carbocycles. The summed E-state index contributed by atoms with van der Waals surface area (Å²) in [5.41, 5.74) is 3.83. The van der Waals surface area contributed by atoms with Crippen molar-refractivity contribution in [2.75, 3.05) is 58.2 Å². The molecule has 1 fully saturated rings. The Morgan fingerprint density at radius 2 is 1.78 bits per heavy atom. The van der Waals surface area contributed by atoms with E-state index in [9.17, 15) is 19.5 Å². The lowest BCUT2D eigenvalue weighted by atomic mass is 10.00. The Balaban J connectivity index is 1.19. The van der Waals surface area contributed by atoms with Crippen LogP contribution in [-0.2, 0) is 6.42 Å². The Morgan fingerprint density at radius 3 is 2.54 bits per heavy atom. The Morgan fingerprint density at radius 1 is 1.02 bits per heavy atom. The maximum Gasteiger partial charge on any atom is 0.261 e. The predicted octanol–water partition coefficient (Wildman–Crippen LogP) is 2.69. The van der Waals surface area contributed by atoms with Crippen molar-refractivity contribution in [1.29, 1.82) is 0 Å². The number of aliphatic hydroxyl groups is 1. The fourth-order valence-corrected chi connectivity index (χ4v) is 5.79. The van der Waals surface area contributed by atoms with Crippen LogP contribution in [-0.4, -0.2) is 95.2 Å². The minimum Gasteiger partial charge on any atom is -0.387 e. The van der Waals surface area contributed by atoms with E-state index < -0.39 is 6.10 Å². The van der Waals surface area contributed by atoms with Crippen molar-refractivity contribution in [1.82, 2.24) is 19.7 Å². The molecule has 11 heteroatoms. The highest BCUT2D eigenvalue weighted by Gasteiger charge is 2.37. The van der Waals surface area contributed by atoms with E-state index in [2.05, 4.69) is 27.1 Å². The Kier molecular flexibility index (Phi) is 7.48. The number of nitrogens with one attached hydrogen (secondary N) is 2. The number of piperazine rings is 1.